The molecule has 2 aromatic rings. The molecular formula is C27H35F3N4O. The molecule has 2 heterocycles. The fourth-order valence-electron chi connectivity index (χ4n) is 5.45. The number of hydrogen-bond donors (Lipinski definition) is 0. The molecule has 0 spiro atoms. The van der Waals surface area contributed by atoms with Gasteiger partial charge in [-0.05, 0) is 50.7 Å². The first kappa shape index (κ1) is 25.5. The van der Waals surface area contributed by atoms with E-state index in [9.17, 15) is 18.0 Å². The smallest absolute Gasteiger partial charge is 0.369 e. The fourth-order valence-corrected chi connectivity index (χ4v) is 5.45. The number of anilines is 1. The minimum atomic E-state index is -4.36. The summed E-state index contributed by atoms with van der Waals surface area (Å²) in [6.45, 7) is 5.62. The Kier molecular flexibility index (Phi) is 7.71. The third-order valence-corrected chi connectivity index (χ3v) is 7.35. The van der Waals surface area contributed by atoms with Crippen LogP contribution in [0.4, 0.5) is 18.9 Å². The largest absolute Gasteiger partial charge is 0.416 e. The number of benzene rings is 2. The predicted octanol–water partition coefficient (Wildman–Crippen LogP) is 3.95. The zero-order valence-electron chi connectivity index (χ0n) is 20.6. The summed E-state index contributed by atoms with van der Waals surface area (Å²) in [5.41, 5.74) is 0.913. The van der Waals surface area contributed by atoms with E-state index in [1.165, 1.54) is 17.8 Å². The summed E-state index contributed by atoms with van der Waals surface area (Å²) in [6, 6.07) is 16.0. The van der Waals surface area contributed by atoms with Crippen molar-refractivity contribution in [2.75, 3.05) is 71.4 Å². The Morgan fingerprint density at radius 2 is 1.57 bits per heavy atom. The highest BCUT2D eigenvalue weighted by atomic mass is 19.4. The van der Waals surface area contributed by atoms with Crippen LogP contribution in [0.25, 0.3) is 0 Å². The van der Waals surface area contributed by atoms with Crippen LogP contribution >= 0.6 is 0 Å². The molecule has 190 valence electrons. The van der Waals surface area contributed by atoms with Crippen LogP contribution in [0, 0.1) is 0 Å². The topological polar surface area (TPSA) is 30.0 Å². The van der Waals surface area contributed by atoms with Crippen LogP contribution in [0.5, 0.6) is 0 Å². The second-order valence-electron chi connectivity index (χ2n) is 10.1. The number of hydrogen-bond acceptors (Lipinski definition) is 4. The van der Waals surface area contributed by atoms with Crippen molar-refractivity contribution < 1.29 is 18.0 Å². The molecule has 0 bridgehead atoms. The van der Waals surface area contributed by atoms with Crippen LogP contribution in [0.1, 0.15) is 24.0 Å². The summed E-state index contributed by atoms with van der Waals surface area (Å²) < 4.78 is 40.1. The van der Waals surface area contributed by atoms with Crippen LogP contribution in [0.2, 0.25) is 0 Å². The van der Waals surface area contributed by atoms with Gasteiger partial charge in [0, 0.05) is 56.9 Å². The van der Waals surface area contributed by atoms with Gasteiger partial charge in [-0.2, -0.15) is 13.2 Å². The van der Waals surface area contributed by atoms with E-state index in [4.69, 9.17) is 0 Å². The number of nitrogens with zero attached hydrogens (tertiary/aromatic N) is 4. The van der Waals surface area contributed by atoms with Gasteiger partial charge in [0.25, 0.3) is 0 Å². The maximum atomic E-state index is 13.4. The van der Waals surface area contributed by atoms with Crippen molar-refractivity contribution in [2.24, 2.45) is 0 Å². The van der Waals surface area contributed by atoms with Gasteiger partial charge in [0.1, 0.15) is 0 Å². The number of amides is 1. The summed E-state index contributed by atoms with van der Waals surface area (Å²) >= 11 is 0. The second-order valence-corrected chi connectivity index (χ2v) is 10.1. The molecule has 0 saturated carbocycles. The van der Waals surface area contributed by atoms with Crippen molar-refractivity contribution in [1.82, 2.24) is 14.7 Å². The number of piperidine rings is 1. The highest BCUT2D eigenvalue weighted by molar-refractivity contribution is 5.78. The van der Waals surface area contributed by atoms with Gasteiger partial charge in [-0.3, -0.25) is 9.69 Å². The normalized spacial score (nSPS) is 19.3. The summed E-state index contributed by atoms with van der Waals surface area (Å²) in [6.07, 6.45) is -3.06. The van der Waals surface area contributed by atoms with Crippen LogP contribution in [-0.4, -0.2) is 87.1 Å². The highest BCUT2D eigenvalue weighted by Gasteiger charge is 2.40. The van der Waals surface area contributed by atoms with E-state index in [1.54, 1.807) is 0 Å². The zero-order valence-corrected chi connectivity index (χ0v) is 20.6. The van der Waals surface area contributed by atoms with Gasteiger partial charge in [-0.1, -0.05) is 36.4 Å². The standard InChI is InChI=1S/C27H35F3N4O/c1-31(2)21-26(22-7-6-8-23(19-22)27(28,29)30)11-13-34(14-12-26)25(35)20-32-15-17-33(18-16-32)24-9-4-3-5-10-24/h3-10,19H,11-18,20-21H2,1-2H3. The number of likely N-dealkylation sites (N-methyl/N-ethyl adjacent to an activating group) is 1. The molecule has 2 aromatic carbocycles. The summed E-state index contributed by atoms with van der Waals surface area (Å²) in [4.78, 5) is 21.6. The van der Waals surface area contributed by atoms with E-state index in [-0.39, 0.29) is 5.91 Å². The van der Waals surface area contributed by atoms with Gasteiger partial charge < -0.3 is 14.7 Å². The molecule has 0 unspecified atom stereocenters. The summed E-state index contributed by atoms with van der Waals surface area (Å²) in [7, 11) is 3.89. The molecule has 0 aliphatic carbocycles. The Morgan fingerprint density at radius 1 is 0.914 bits per heavy atom. The van der Waals surface area contributed by atoms with Crippen LogP contribution in [0.3, 0.4) is 0 Å². The Labute approximate surface area is 206 Å². The summed E-state index contributed by atoms with van der Waals surface area (Å²) in [5.74, 6) is 0.112. The molecule has 0 aromatic heterocycles. The van der Waals surface area contributed by atoms with E-state index < -0.39 is 17.2 Å². The first-order valence-electron chi connectivity index (χ1n) is 12.3. The third-order valence-electron chi connectivity index (χ3n) is 7.35. The maximum Gasteiger partial charge on any atom is 0.416 e. The number of piperazine rings is 1. The van der Waals surface area contributed by atoms with Crippen molar-refractivity contribution in [3.8, 4) is 0 Å². The average molecular weight is 489 g/mol. The van der Waals surface area contributed by atoms with Crippen molar-refractivity contribution >= 4 is 11.6 Å². The lowest BCUT2D eigenvalue weighted by atomic mass is 9.72. The first-order valence-corrected chi connectivity index (χ1v) is 12.3. The third kappa shape index (κ3) is 6.16. The van der Waals surface area contributed by atoms with E-state index in [0.717, 1.165) is 32.2 Å². The minimum Gasteiger partial charge on any atom is -0.369 e. The number of carbonyl (C=O) groups excluding carboxylic acids is 1. The Morgan fingerprint density at radius 3 is 2.17 bits per heavy atom. The van der Waals surface area contributed by atoms with Crippen molar-refractivity contribution in [3.05, 3.63) is 65.7 Å². The Bertz CT molecular complexity index is 979. The number of halogens is 3. The SMILES string of the molecule is CN(C)CC1(c2cccc(C(F)(F)F)c2)CCN(C(=O)CN2CCN(c3ccccc3)CC2)CC1. The first-order chi connectivity index (χ1) is 16.7. The monoisotopic (exact) mass is 488 g/mol. The van der Waals surface area contributed by atoms with Gasteiger partial charge >= 0.3 is 6.18 Å². The molecule has 2 aliphatic heterocycles. The average Bonchev–Trinajstić information content (AvgIpc) is 2.84. The maximum absolute atomic E-state index is 13.4. The van der Waals surface area contributed by atoms with Crippen LogP contribution in [0.15, 0.2) is 54.6 Å². The van der Waals surface area contributed by atoms with Crippen molar-refractivity contribution in [2.45, 2.75) is 24.4 Å². The number of carbonyl (C=O) groups is 1. The molecule has 0 radical (unpaired) electrons. The molecule has 2 fully saturated rings. The van der Waals surface area contributed by atoms with Gasteiger partial charge in [0.05, 0.1) is 12.1 Å². The molecule has 0 atom stereocenters. The quantitative estimate of drug-likeness (QED) is 0.616. The number of likely N-dealkylation sites (tertiary alicyclic amines) is 1. The number of para-hydroxylation sites is 1. The molecule has 35 heavy (non-hydrogen) atoms. The Hall–Kier alpha value is -2.58. The van der Waals surface area contributed by atoms with Crippen molar-refractivity contribution in [3.63, 3.8) is 0 Å². The molecule has 5 nitrogen and oxygen atoms in total. The molecule has 2 saturated heterocycles. The fraction of sp³-hybridized carbons (Fsp3) is 0.519. The molecule has 1 amide bonds. The van der Waals surface area contributed by atoms with Gasteiger partial charge in [0.15, 0.2) is 0 Å². The summed E-state index contributed by atoms with van der Waals surface area (Å²) in [5, 5.41) is 0. The van der Waals surface area contributed by atoms with Crippen LogP contribution in [-0.2, 0) is 16.4 Å². The highest BCUT2D eigenvalue weighted by Crippen LogP contribution is 2.39. The van der Waals surface area contributed by atoms with E-state index in [1.807, 2.05) is 48.2 Å². The molecule has 0 N–H and O–H groups in total. The lowest BCUT2D eigenvalue weighted by molar-refractivity contribution is -0.137. The van der Waals surface area contributed by atoms with E-state index in [0.29, 0.717) is 44.6 Å². The zero-order chi connectivity index (χ0) is 25.1. The van der Waals surface area contributed by atoms with Gasteiger partial charge in [0.2, 0.25) is 5.91 Å². The molecule has 2 aliphatic rings. The lowest BCUT2D eigenvalue weighted by Gasteiger charge is -2.44. The number of alkyl halides is 3. The van der Waals surface area contributed by atoms with E-state index in [2.05, 4.69) is 21.9 Å². The van der Waals surface area contributed by atoms with Crippen LogP contribution < -0.4 is 4.90 Å². The van der Waals surface area contributed by atoms with E-state index >= 15 is 0 Å². The predicted molar refractivity (Wildman–Crippen MR) is 133 cm³/mol. The van der Waals surface area contributed by atoms with Crippen molar-refractivity contribution in [1.29, 1.82) is 0 Å². The molecular weight excluding hydrogens is 453 g/mol. The Balaban J connectivity index is 1.36. The molecule has 8 heteroatoms. The number of rotatable bonds is 6. The van der Waals surface area contributed by atoms with Gasteiger partial charge in [-0.25, -0.2) is 0 Å². The minimum absolute atomic E-state index is 0.112. The molecule has 4 rings (SSSR count). The van der Waals surface area contributed by atoms with Gasteiger partial charge in [-0.15, -0.1) is 0 Å². The lowest BCUT2D eigenvalue weighted by Crippen LogP contribution is -2.53. The second kappa shape index (κ2) is 10.6.